The van der Waals surface area contributed by atoms with Crippen molar-refractivity contribution in [3.05, 3.63) is 0 Å². The first-order valence-corrected chi connectivity index (χ1v) is 5.48. The zero-order valence-corrected chi connectivity index (χ0v) is 9.75. The van der Waals surface area contributed by atoms with E-state index < -0.39 is 17.3 Å². The summed E-state index contributed by atoms with van der Waals surface area (Å²) >= 11 is 0. The van der Waals surface area contributed by atoms with Crippen molar-refractivity contribution >= 4 is 5.97 Å². The molecule has 0 aromatic rings. The van der Waals surface area contributed by atoms with Gasteiger partial charge in [0.25, 0.3) is 0 Å². The first-order chi connectivity index (χ1) is 6.73. The Bertz CT molecular complexity index is 237. The van der Waals surface area contributed by atoms with Crippen molar-refractivity contribution < 1.29 is 14.6 Å². The van der Waals surface area contributed by atoms with Crippen LogP contribution in [0.5, 0.6) is 0 Å². The van der Waals surface area contributed by atoms with Crippen molar-refractivity contribution in [3.63, 3.8) is 0 Å². The molecule has 1 saturated carbocycles. The van der Waals surface area contributed by atoms with Crippen molar-refractivity contribution in [2.45, 2.75) is 57.8 Å². The zero-order valence-electron chi connectivity index (χ0n) is 9.75. The molecule has 4 nitrogen and oxygen atoms in total. The molecule has 1 aliphatic rings. The van der Waals surface area contributed by atoms with Crippen LogP contribution in [0.25, 0.3) is 0 Å². The molecule has 1 rings (SSSR count). The molecule has 0 aliphatic heterocycles. The summed E-state index contributed by atoms with van der Waals surface area (Å²) in [6.07, 6.45) is 3.64. The summed E-state index contributed by atoms with van der Waals surface area (Å²) in [4.78, 5) is 11.7. The van der Waals surface area contributed by atoms with Crippen molar-refractivity contribution in [2.75, 3.05) is 0 Å². The summed E-state index contributed by atoms with van der Waals surface area (Å²) in [6, 6.07) is 0. The van der Waals surface area contributed by atoms with E-state index in [1.165, 1.54) is 0 Å². The smallest absolute Gasteiger partial charge is 0.354 e. The van der Waals surface area contributed by atoms with Crippen LogP contribution >= 0.6 is 0 Å². The van der Waals surface area contributed by atoms with E-state index in [1.54, 1.807) is 20.8 Å². The van der Waals surface area contributed by atoms with Crippen LogP contribution in [0.1, 0.15) is 46.5 Å². The van der Waals surface area contributed by atoms with Crippen LogP contribution in [0.4, 0.5) is 0 Å². The zero-order chi connectivity index (χ0) is 11.7. The SMILES string of the molecule is CC(C)(C)OC(=O)C(N)(O)C1CCCC1. The molecular formula is C11H21NO3. The molecule has 0 bridgehead atoms. The average Bonchev–Trinajstić information content (AvgIpc) is 2.52. The maximum absolute atomic E-state index is 11.7. The van der Waals surface area contributed by atoms with Gasteiger partial charge in [-0.25, -0.2) is 4.79 Å². The highest BCUT2D eigenvalue weighted by Gasteiger charge is 2.44. The van der Waals surface area contributed by atoms with Crippen molar-refractivity contribution in [2.24, 2.45) is 11.7 Å². The van der Waals surface area contributed by atoms with E-state index in [-0.39, 0.29) is 5.92 Å². The van der Waals surface area contributed by atoms with Crippen LogP contribution in [0.15, 0.2) is 0 Å². The third-order valence-corrected chi connectivity index (χ3v) is 2.70. The number of esters is 1. The molecule has 4 heteroatoms. The Morgan fingerprint density at radius 1 is 1.33 bits per heavy atom. The van der Waals surface area contributed by atoms with Crippen LogP contribution in [-0.2, 0) is 9.53 Å². The van der Waals surface area contributed by atoms with E-state index in [2.05, 4.69) is 0 Å². The van der Waals surface area contributed by atoms with Crippen LogP contribution in [0.3, 0.4) is 0 Å². The Morgan fingerprint density at radius 2 is 1.80 bits per heavy atom. The minimum atomic E-state index is -1.82. The molecule has 0 heterocycles. The number of carbonyl (C=O) groups is 1. The first-order valence-electron chi connectivity index (χ1n) is 5.48. The highest BCUT2D eigenvalue weighted by Crippen LogP contribution is 2.32. The molecule has 88 valence electrons. The van der Waals surface area contributed by atoms with Crippen molar-refractivity contribution in [1.29, 1.82) is 0 Å². The largest absolute Gasteiger partial charge is 0.457 e. The fourth-order valence-corrected chi connectivity index (χ4v) is 1.89. The van der Waals surface area contributed by atoms with E-state index in [1.807, 2.05) is 0 Å². The van der Waals surface area contributed by atoms with Crippen LogP contribution in [-0.4, -0.2) is 22.4 Å². The van der Waals surface area contributed by atoms with E-state index >= 15 is 0 Å². The second-order valence-corrected chi connectivity index (χ2v) is 5.31. The predicted molar refractivity (Wildman–Crippen MR) is 56.9 cm³/mol. The van der Waals surface area contributed by atoms with Crippen LogP contribution in [0.2, 0.25) is 0 Å². The summed E-state index contributed by atoms with van der Waals surface area (Å²) in [6.45, 7) is 5.28. The van der Waals surface area contributed by atoms with Gasteiger partial charge in [-0.15, -0.1) is 0 Å². The molecule has 0 aromatic carbocycles. The fraction of sp³-hybridized carbons (Fsp3) is 0.909. The molecule has 1 unspecified atom stereocenters. The highest BCUT2D eigenvalue weighted by atomic mass is 16.6. The molecule has 1 aliphatic carbocycles. The Labute approximate surface area is 90.8 Å². The summed E-state index contributed by atoms with van der Waals surface area (Å²) < 4.78 is 5.10. The van der Waals surface area contributed by atoms with Crippen LogP contribution < -0.4 is 5.73 Å². The fourth-order valence-electron chi connectivity index (χ4n) is 1.89. The lowest BCUT2D eigenvalue weighted by molar-refractivity contribution is -0.182. The molecule has 15 heavy (non-hydrogen) atoms. The molecular weight excluding hydrogens is 194 g/mol. The lowest BCUT2D eigenvalue weighted by atomic mass is 9.94. The molecule has 1 fully saturated rings. The number of hydrogen-bond acceptors (Lipinski definition) is 4. The Kier molecular flexibility index (Phi) is 3.41. The second kappa shape index (κ2) is 4.10. The topological polar surface area (TPSA) is 72.5 Å². The van der Waals surface area contributed by atoms with Gasteiger partial charge in [-0.3, -0.25) is 5.73 Å². The molecule has 1 atom stereocenters. The third kappa shape index (κ3) is 3.18. The van der Waals surface area contributed by atoms with Gasteiger partial charge in [-0.05, 0) is 33.6 Å². The van der Waals surface area contributed by atoms with Gasteiger partial charge in [-0.1, -0.05) is 12.8 Å². The predicted octanol–water partition coefficient (Wildman–Crippen LogP) is 1.17. The lowest BCUT2D eigenvalue weighted by Crippen LogP contribution is -2.55. The highest BCUT2D eigenvalue weighted by molar-refractivity contribution is 5.79. The maximum Gasteiger partial charge on any atom is 0.354 e. The molecule has 0 saturated heterocycles. The number of nitrogens with two attached hydrogens (primary N) is 1. The number of hydrogen-bond donors (Lipinski definition) is 2. The van der Waals surface area contributed by atoms with Gasteiger partial charge in [-0.2, -0.15) is 0 Å². The van der Waals surface area contributed by atoms with Gasteiger partial charge in [0.2, 0.25) is 5.72 Å². The lowest BCUT2D eigenvalue weighted by Gasteiger charge is -2.31. The maximum atomic E-state index is 11.7. The van der Waals surface area contributed by atoms with Gasteiger partial charge < -0.3 is 9.84 Å². The Balaban J connectivity index is 2.63. The summed E-state index contributed by atoms with van der Waals surface area (Å²) in [7, 11) is 0. The molecule has 0 spiro atoms. The van der Waals surface area contributed by atoms with Crippen LogP contribution in [0, 0.1) is 5.92 Å². The average molecular weight is 215 g/mol. The minimum absolute atomic E-state index is 0.160. The van der Waals surface area contributed by atoms with Gasteiger partial charge in [0, 0.05) is 5.92 Å². The van der Waals surface area contributed by atoms with Gasteiger partial charge >= 0.3 is 5.97 Å². The van der Waals surface area contributed by atoms with E-state index in [4.69, 9.17) is 10.5 Å². The number of ether oxygens (including phenoxy) is 1. The Morgan fingerprint density at radius 3 is 2.20 bits per heavy atom. The molecule has 0 aromatic heterocycles. The minimum Gasteiger partial charge on any atom is -0.457 e. The number of rotatable bonds is 2. The molecule has 3 N–H and O–H groups in total. The van der Waals surface area contributed by atoms with E-state index in [9.17, 15) is 9.90 Å². The second-order valence-electron chi connectivity index (χ2n) is 5.31. The summed E-state index contributed by atoms with van der Waals surface area (Å²) in [5.74, 6) is -0.866. The summed E-state index contributed by atoms with van der Waals surface area (Å²) in [5.41, 5.74) is 3.23. The number of carbonyl (C=O) groups excluding carboxylic acids is 1. The van der Waals surface area contributed by atoms with Crippen molar-refractivity contribution in [1.82, 2.24) is 0 Å². The Hall–Kier alpha value is -0.610. The summed E-state index contributed by atoms with van der Waals surface area (Å²) in [5, 5.41) is 9.95. The number of aliphatic hydroxyl groups is 1. The van der Waals surface area contributed by atoms with Gasteiger partial charge in [0.05, 0.1) is 0 Å². The first kappa shape index (κ1) is 12.5. The third-order valence-electron chi connectivity index (χ3n) is 2.70. The quantitative estimate of drug-likeness (QED) is 0.535. The van der Waals surface area contributed by atoms with Gasteiger partial charge in [0.15, 0.2) is 0 Å². The monoisotopic (exact) mass is 215 g/mol. The molecule has 0 amide bonds. The normalized spacial score (nSPS) is 22.5. The van der Waals surface area contributed by atoms with Crippen molar-refractivity contribution in [3.8, 4) is 0 Å². The van der Waals surface area contributed by atoms with Gasteiger partial charge in [0.1, 0.15) is 5.60 Å². The molecule has 0 radical (unpaired) electrons. The van der Waals surface area contributed by atoms with E-state index in [0.717, 1.165) is 25.7 Å². The standard InChI is InChI=1S/C11H21NO3/c1-10(2,3)15-9(13)11(12,14)8-6-4-5-7-8/h8,14H,4-7,12H2,1-3H3. The van der Waals surface area contributed by atoms with E-state index in [0.29, 0.717) is 0 Å².